The highest BCUT2D eigenvalue weighted by Gasteiger charge is 2.54. The molecule has 2 unspecified atom stereocenters. The minimum atomic E-state index is -1.46. The summed E-state index contributed by atoms with van der Waals surface area (Å²) < 4.78 is 10.7. The molecule has 0 aromatic carbocycles. The minimum absolute atomic E-state index is 0.110. The number of ether oxygens (including phenoxy) is 2. The summed E-state index contributed by atoms with van der Waals surface area (Å²) in [5, 5.41) is 41.7. The van der Waals surface area contributed by atoms with Gasteiger partial charge in [-0.25, -0.2) is 0 Å². The lowest BCUT2D eigenvalue weighted by Gasteiger charge is -2.55. The molecule has 4 bridgehead atoms. The number of carbonyl (C=O) groups excluding carboxylic acids is 1. The summed E-state index contributed by atoms with van der Waals surface area (Å²) in [5.41, 5.74) is -0.210. The van der Waals surface area contributed by atoms with Crippen LogP contribution in [0.5, 0.6) is 0 Å². The Bertz CT molecular complexity index is 519. The molecule has 5 rings (SSSR count). The Hall–Kier alpha value is -0.770. The van der Waals surface area contributed by atoms with Crippen molar-refractivity contribution < 1.29 is 34.7 Å². The molecule has 0 aromatic rings. The Morgan fingerprint density at radius 1 is 1.00 bits per heavy atom. The molecule has 4 aliphatic carbocycles. The maximum absolute atomic E-state index is 12.9. The number of aliphatic hydroxyl groups excluding tert-OH is 4. The largest absolute Gasteiger partial charge is 0.394 e. The Kier molecular flexibility index (Phi) is 5.48. The molecule has 154 valence electrons. The predicted octanol–water partition coefficient (Wildman–Crippen LogP) is -0.864. The summed E-state index contributed by atoms with van der Waals surface area (Å²) in [7, 11) is 0. The van der Waals surface area contributed by atoms with Gasteiger partial charge in [0.15, 0.2) is 6.29 Å². The molecule has 1 heterocycles. The highest BCUT2D eigenvalue weighted by Crippen LogP contribution is 2.60. The van der Waals surface area contributed by atoms with E-state index in [0.717, 1.165) is 19.3 Å². The van der Waals surface area contributed by atoms with Crippen LogP contribution in [0.1, 0.15) is 38.5 Å². The monoisotopic (exact) mass is 385 g/mol. The van der Waals surface area contributed by atoms with Gasteiger partial charge in [-0.3, -0.25) is 4.79 Å². The van der Waals surface area contributed by atoms with Crippen LogP contribution in [0, 0.1) is 23.2 Å². The Labute approximate surface area is 158 Å². The van der Waals surface area contributed by atoms with Crippen molar-refractivity contribution in [3.05, 3.63) is 0 Å². The number of rotatable bonds is 6. The van der Waals surface area contributed by atoms with Crippen molar-refractivity contribution >= 4 is 5.91 Å². The molecule has 8 nitrogen and oxygen atoms in total. The lowest BCUT2D eigenvalue weighted by atomic mass is 9.49. The molecule has 27 heavy (non-hydrogen) atoms. The first kappa shape index (κ1) is 19.5. The molecule has 5 N–H and O–H groups in total. The molecular weight excluding hydrogens is 354 g/mol. The summed E-state index contributed by atoms with van der Waals surface area (Å²) in [6.45, 7) is -0.0933. The molecular formula is C19H31NO7. The molecule has 8 heteroatoms. The second-order valence-electron chi connectivity index (χ2n) is 9.02. The van der Waals surface area contributed by atoms with Crippen molar-refractivity contribution in [3.63, 3.8) is 0 Å². The van der Waals surface area contributed by atoms with Crippen molar-refractivity contribution in [3.8, 4) is 0 Å². The first-order valence-corrected chi connectivity index (χ1v) is 10.1. The number of amides is 1. The smallest absolute Gasteiger partial charge is 0.226 e. The van der Waals surface area contributed by atoms with Gasteiger partial charge in [0, 0.05) is 12.0 Å². The molecule has 5 aliphatic rings. The lowest BCUT2D eigenvalue weighted by molar-refractivity contribution is -0.300. The van der Waals surface area contributed by atoms with Gasteiger partial charge in [-0.05, 0) is 56.3 Å². The number of hydrogen-bond acceptors (Lipinski definition) is 7. The topological polar surface area (TPSA) is 128 Å². The Morgan fingerprint density at radius 3 is 2.15 bits per heavy atom. The number of carbonyl (C=O) groups is 1. The highest BCUT2D eigenvalue weighted by molar-refractivity contribution is 5.83. The first-order valence-electron chi connectivity index (χ1n) is 10.1. The van der Waals surface area contributed by atoms with Gasteiger partial charge >= 0.3 is 0 Å². The molecule has 4 saturated carbocycles. The van der Waals surface area contributed by atoms with E-state index in [9.17, 15) is 25.2 Å². The summed E-state index contributed by atoms with van der Waals surface area (Å²) in [4.78, 5) is 12.9. The SMILES string of the molecule is O=C(NCCO[C@H]1OC(CO)[C@H](O)[C@@H](O)C1O)C12CC3CC(CC(C3)C1)C2. The van der Waals surface area contributed by atoms with Crippen molar-refractivity contribution in [2.24, 2.45) is 23.2 Å². The van der Waals surface area contributed by atoms with E-state index in [4.69, 9.17) is 9.47 Å². The summed E-state index contributed by atoms with van der Waals surface area (Å²) in [5.74, 6) is 2.21. The van der Waals surface area contributed by atoms with Crippen molar-refractivity contribution in [1.29, 1.82) is 0 Å². The van der Waals surface area contributed by atoms with E-state index in [1.807, 2.05) is 0 Å². The third kappa shape index (κ3) is 3.63. The van der Waals surface area contributed by atoms with Crippen LogP contribution in [0.25, 0.3) is 0 Å². The lowest BCUT2D eigenvalue weighted by Crippen LogP contribution is -2.59. The van der Waals surface area contributed by atoms with E-state index in [1.165, 1.54) is 19.3 Å². The van der Waals surface area contributed by atoms with Gasteiger partial charge in [0.05, 0.1) is 13.2 Å². The maximum atomic E-state index is 12.9. The number of hydrogen-bond donors (Lipinski definition) is 5. The van der Waals surface area contributed by atoms with Gasteiger partial charge < -0.3 is 35.2 Å². The zero-order valence-corrected chi connectivity index (χ0v) is 15.5. The fourth-order valence-corrected chi connectivity index (χ4v) is 6.12. The third-order valence-electron chi connectivity index (χ3n) is 7.04. The average molecular weight is 385 g/mol. The van der Waals surface area contributed by atoms with Crippen molar-refractivity contribution in [2.45, 2.75) is 69.2 Å². The molecule has 5 atom stereocenters. The van der Waals surface area contributed by atoms with Crippen LogP contribution in [-0.4, -0.2) is 76.8 Å². The summed E-state index contributed by atoms with van der Waals surface area (Å²) in [6, 6.07) is 0. The van der Waals surface area contributed by atoms with Crippen LogP contribution >= 0.6 is 0 Å². The van der Waals surface area contributed by atoms with Crippen molar-refractivity contribution in [1.82, 2.24) is 5.32 Å². The van der Waals surface area contributed by atoms with E-state index < -0.39 is 37.3 Å². The Morgan fingerprint density at radius 2 is 1.59 bits per heavy atom. The molecule has 1 saturated heterocycles. The second kappa shape index (κ2) is 7.57. The molecule has 1 aliphatic heterocycles. The van der Waals surface area contributed by atoms with Gasteiger partial charge in [-0.1, -0.05) is 0 Å². The van der Waals surface area contributed by atoms with Crippen LogP contribution in [0.3, 0.4) is 0 Å². The third-order valence-corrected chi connectivity index (χ3v) is 7.04. The summed E-state index contributed by atoms with van der Waals surface area (Å²) >= 11 is 0. The zero-order valence-electron chi connectivity index (χ0n) is 15.5. The van der Waals surface area contributed by atoms with E-state index in [-0.39, 0.29) is 24.5 Å². The minimum Gasteiger partial charge on any atom is -0.394 e. The highest BCUT2D eigenvalue weighted by atomic mass is 16.7. The second-order valence-corrected chi connectivity index (χ2v) is 9.02. The van der Waals surface area contributed by atoms with Crippen LogP contribution in [0.4, 0.5) is 0 Å². The van der Waals surface area contributed by atoms with E-state index in [0.29, 0.717) is 17.8 Å². The van der Waals surface area contributed by atoms with Crippen LogP contribution in [0.2, 0.25) is 0 Å². The Balaban J connectivity index is 1.25. The van der Waals surface area contributed by atoms with E-state index in [1.54, 1.807) is 0 Å². The number of aliphatic hydroxyl groups is 4. The van der Waals surface area contributed by atoms with E-state index in [2.05, 4.69) is 5.32 Å². The predicted molar refractivity (Wildman–Crippen MR) is 93.3 cm³/mol. The fraction of sp³-hybridized carbons (Fsp3) is 0.947. The van der Waals surface area contributed by atoms with E-state index >= 15 is 0 Å². The molecule has 0 spiro atoms. The van der Waals surface area contributed by atoms with Gasteiger partial charge in [-0.15, -0.1) is 0 Å². The van der Waals surface area contributed by atoms with Crippen LogP contribution in [-0.2, 0) is 14.3 Å². The average Bonchev–Trinajstić information content (AvgIpc) is 2.63. The van der Waals surface area contributed by atoms with Gasteiger partial charge in [-0.2, -0.15) is 0 Å². The van der Waals surface area contributed by atoms with Gasteiger partial charge in [0.25, 0.3) is 0 Å². The number of nitrogens with one attached hydrogen (secondary N) is 1. The quantitative estimate of drug-likeness (QED) is 0.376. The fourth-order valence-electron chi connectivity index (χ4n) is 6.12. The molecule has 0 radical (unpaired) electrons. The maximum Gasteiger partial charge on any atom is 0.226 e. The zero-order chi connectivity index (χ0) is 19.2. The van der Waals surface area contributed by atoms with Crippen molar-refractivity contribution in [2.75, 3.05) is 19.8 Å². The standard InChI is InChI=1S/C19H31NO7/c21-9-13-14(22)15(23)16(24)17(27-13)26-2-1-20-18(25)19-6-10-3-11(7-19)5-12(4-10)8-19/h10-17,21-24H,1-9H2,(H,20,25)/t10?,11?,12?,13?,14-,15+,16?,17-,19?/m0/s1. The molecule has 5 fully saturated rings. The molecule has 1 amide bonds. The normalized spacial score (nSPS) is 48.6. The summed E-state index contributed by atoms with van der Waals surface area (Å²) in [6.07, 6.45) is 0.429. The van der Waals surface area contributed by atoms with Crippen LogP contribution < -0.4 is 5.32 Å². The molecule has 0 aromatic heterocycles. The van der Waals surface area contributed by atoms with Gasteiger partial charge in [0.1, 0.15) is 24.4 Å². The first-order chi connectivity index (χ1) is 12.9. The van der Waals surface area contributed by atoms with Crippen LogP contribution in [0.15, 0.2) is 0 Å². The van der Waals surface area contributed by atoms with Gasteiger partial charge in [0.2, 0.25) is 5.91 Å².